The molecule has 2 aliphatic heterocycles. The monoisotopic (exact) mass is 396 g/mol. The van der Waals surface area contributed by atoms with Crippen molar-refractivity contribution in [1.29, 1.82) is 0 Å². The number of hydrogen-bond donors (Lipinski definition) is 0. The van der Waals surface area contributed by atoms with Gasteiger partial charge in [-0.3, -0.25) is 0 Å². The molecular formula is C23H24O6. The predicted octanol–water partition coefficient (Wildman–Crippen LogP) is 3.29. The molecule has 0 aromatic heterocycles. The van der Waals surface area contributed by atoms with Crippen LogP contribution in [-0.4, -0.2) is 37.4 Å². The number of fused-ring (bicyclic) bond motifs is 2. The van der Waals surface area contributed by atoms with E-state index in [0.717, 1.165) is 11.1 Å². The van der Waals surface area contributed by atoms with Gasteiger partial charge in [-0.25, -0.2) is 9.59 Å². The van der Waals surface area contributed by atoms with Gasteiger partial charge in [-0.15, -0.1) is 0 Å². The van der Waals surface area contributed by atoms with Gasteiger partial charge in [0.1, 0.15) is 23.7 Å². The maximum absolute atomic E-state index is 11.6. The minimum Gasteiger partial charge on any atom is -0.494 e. The molecule has 6 nitrogen and oxygen atoms in total. The molecule has 0 radical (unpaired) electrons. The van der Waals surface area contributed by atoms with E-state index in [1.165, 1.54) is 12.2 Å². The Morgan fingerprint density at radius 2 is 1.24 bits per heavy atom. The maximum Gasteiger partial charge on any atom is 0.331 e. The van der Waals surface area contributed by atoms with Crippen molar-refractivity contribution in [2.24, 2.45) is 11.8 Å². The predicted molar refractivity (Wildman–Crippen MR) is 105 cm³/mol. The molecule has 2 heterocycles. The molecule has 0 aromatic rings. The average Bonchev–Trinajstić information content (AvgIpc) is 2.67. The molecule has 0 saturated carbocycles. The van der Waals surface area contributed by atoms with E-state index in [1.54, 1.807) is 0 Å². The summed E-state index contributed by atoms with van der Waals surface area (Å²) < 4.78 is 22.3. The Kier molecular flexibility index (Phi) is 5.43. The summed E-state index contributed by atoms with van der Waals surface area (Å²) >= 11 is 0. The van der Waals surface area contributed by atoms with Gasteiger partial charge in [-0.1, -0.05) is 23.3 Å². The highest BCUT2D eigenvalue weighted by molar-refractivity contribution is 5.85. The van der Waals surface area contributed by atoms with Gasteiger partial charge >= 0.3 is 11.9 Å². The third-order valence-corrected chi connectivity index (χ3v) is 5.37. The Balaban J connectivity index is 1.21. The number of carbonyl (C=O) groups excluding carboxylic acids is 2. The van der Waals surface area contributed by atoms with Gasteiger partial charge < -0.3 is 18.9 Å². The first kappa shape index (κ1) is 19.3. The summed E-state index contributed by atoms with van der Waals surface area (Å²) in [5, 5.41) is 0. The lowest BCUT2D eigenvalue weighted by Crippen LogP contribution is -2.31. The normalized spacial score (nSPS) is 30.0. The molecule has 0 unspecified atom stereocenters. The lowest BCUT2D eigenvalue weighted by atomic mass is 9.88. The second-order valence-corrected chi connectivity index (χ2v) is 7.54. The van der Waals surface area contributed by atoms with Crippen molar-refractivity contribution in [1.82, 2.24) is 0 Å². The van der Waals surface area contributed by atoms with Crippen molar-refractivity contribution in [3.05, 3.63) is 71.3 Å². The topological polar surface area (TPSA) is 71.1 Å². The van der Waals surface area contributed by atoms with Gasteiger partial charge in [-0.2, -0.15) is 0 Å². The van der Waals surface area contributed by atoms with Crippen LogP contribution in [0.1, 0.15) is 20.3 Å². The van der Waals surface area contributed by atoms with Crippen LogP contribution in [0.25, 0.3) is 0 Å². The largest absolute Gasteiger partial charge is 0.494 e. The first-order valence-corrected chi connectivity index (χ1v) is 9.83. The highest BCUT2D eigenvalue weighted by Crippen LogP contribution is 2.31. The highest BCUT2D eigenvalue weighted by Gasteiger charge is 2.31. The summed E-state index contributed by atoms with van der Waals surface area (Å²) in [6, 6.07) is 0. The molecule has 4 aliphatic rings. The fourth-order valence-corrected chi connectivity index (χ4v) is 3.83. The lowest BCUT2D eigenvalue weighted by Gasteiger charge is -2.29. The molecule has 0 N–H and O–H groups in total. The molecule has 4 rings (SSSR count). The summed E-state index contributed by atoms with van der Waals surface area (Å²) in [7, 11) is 0. The fraction of sp³-hybridized carbons (Fsp3) is 0.391. The summed E-state index contributed by atoms with van der Waals surface area (Å²) in [5.41, 5.74) is 1.99. The Morgan fingerprint density at radius 1 is 0.793 bits per heavy atom. The van der Waals surface area contributed by atoms with Crippen LogP contribution in [0.2, 0.25) is 0 Å². The SMILES string of the molecule is CC1=CC(=O)O[C@@H]2C=C(OCCCOC3=C[C@H]4OC(=O)C=C(C)[C@@H]4C=C3)C=C[C@H]12. The zero-order chi connectivity index (χ0) is 20.4. The first-order valence-electron chi connectivity index (χ1n) is 9.83. The van der Waals surface area contributed by atoms with Crippen LogP contribution in [0.5, 0.6) is 0 Å². The van der Waals surface area contributed by atoms with Gasteiger partial charge in [0.25, 0.3) is 0 Å². The van der Waals surface area contributed by atoms with Crippen LogP contribution in [-0.2, 0) is 28.5 Å². The van der Waals surface area contributed by atoms with Crippen molar-refractivity contribution in [3.8, 4) is 0 Å². The third kappa shape index (κ3) is 4.36. The number of rotatable bonds is 6. The quantitative estimate of drug-likeness (QED) is 0.507. The summed E-state index contributed by atoms with van der Waals surface area (Å²) in [6.45, 7) is 4.83. The van der Waals surface area contributed by atoms with Crippen LogP contribution >= 0.6 is 0 Å². The van der Waals surface area contributed by atoms with E-state index in [0.29, 0.717) is 31.2 Å². The van der Waals surface area contributed by atoms with Crippen molar-refractivity contribution >= 4 is 11.9 Å². The number of carbonyl (C=O) groups is 2. The molecule has 0 fully saturated rings. The third-order valence-electron chi connectivity index (χ3n) is 5.37. The average molecular weight is 396 g/mol. The van der Waals surface area contributed by atoms with Crippen LogP contribution in [0, 0.1) is 11.8 Å². The zero-order valence-corrected chi connectivity index (χ0v) is 16.5. The van der Waals surface area contributed by atoms with Crippen molar-refractivity contribution in [2.75, 3.05) is 13.2 Å². The Labute approximate surface area is 169 Å². The van der Waals surface area contributed by atoms with Crippen molar-refractivity contribution < 1.29 is 28.5 Å². The Morgan fingerprint density at radius 3 is 1.69 bits per heavy atom. The Bertz CT molecular complexity index is 813. The van der Waals surface area contributed by atoms with Crippen molar-refractivity contribution in [2.45, 2.75) is 32.5 Å². The molecule has 0 aromatic carbocycles. The number of esters is 2. The molecule has 0 spiro atoms. The Hall–Kier alpha value is -3.02. The van der Waals surface area contributed by atoms with Gasteiger partial charge in [0.05, 0.1) is 13.2 Å². The second kappa shape index (κ2) is 8.15. The molecular weight excluding hydrogens is 372 g/mol. The fourth-order valence-electron chi connectivity index (χ4n) is 3.83. The summed E-state index contributed by atoms with van der Waals surface area (Å²) in [6.07, 6.45) is 14.7. The smallest absolute Gasteiger partial charge is 0.331 e. The van der Waals surface area contributed by atoms with E-state index in [2.05, 4.69) is 0 Å². The highest BCUT2D eigenvalue weighted by atomic mass is 16.6. The number of ether oxygens (including phenoxy) is 4. The van der Waals surface area contributed by atoms with Crippen LogP contribution in [0.3, 0.4) is 0 Å². The molecule has 6 heteroatoms. The van der Waals surface area contributed by atoms with Gasteiger partial charge in [0.2, 0.25) is 0 Å². The molecule has 29 heavy (non-hydrogen) atoms. The van der Waals surface area contributed by atoms with E-state index in [4.69, 9.17) is 18.9 Å². The minimum atomic E-state index is -0.312. The van der Waals surface area contributed by atoms with E-state index in [-0.39, 0.29) is 36.0 Å². The van der Waals surface area contributed by atoms with Crippen LogP contribution in [0.4, 0.5) is 0 Å². The van der Waals surface area contributed by atoms with E-state index >= 15 is 0 Å². The summed E-state index contributed by atoms with van der Waals surface area (Å²) in [5.74, 6) is 0.950. The van der Waals surface area contributed by atoms with Gasteiger partial charge in [-0.05, 0) is 38.2 Å². The lowest BCUT2D eigenvalue weighted by molar-refractivity contribution is -0.144. The molecule has 2 aliphatic carbocycles. The molecule has 4 atom stereocenters. The van der Waals surface area contributed by atoms with Gasteiger partial charge in [0.15, 0.2) is 0 Å². The molecule has 152 valence electrons. The summed E-state index contributed by atoms with van der Waals surface area (Å²) in [4.78, 5) is 23.1. The van der Waals surface area contributed by atoms with E-state index in [1.807, 2.05) is 50.3 Å². The zero-order valence-electron chi connectivity index (χ0n) is 16.5. The molecule has 0 bridgehead atoms. The first-order chi connectivity index (χ1) is 14.0. The van der Waals surface area contributed by atoms with Crippen LogP contribution < -0.4 is 0 Å². The van der Waals surface area contributed by atoms with Crippen molar-refractivity contribution in [3.63, 3.8) is 0 Å². The van der Waals surface area contributed by atoms with Gasteiger partial charge in [0, 0.05) is 30.4 Å². The molecule has 0 saturated heterocycles. The minimum absolute atomic E-state index is 0.0876. The second-order valence-electron chi connectivity index (χ2n) is 7.54. The number of hydrogen-bond acceptors (Lipinski definition) is 6. The maximum atomic E-state index is 11.6. The van der Waals surface area contributed by atoms with E-state index in [9.17, 15) is 9.59 Å². The number of allylic oxidation sites excluding steroid dienone is 2. The van der Waals surface area contributed by atoms with Crippen LogP contribution in [0.15, 0.2) is 71.3 Å². The molecule has 0 amide bonds. The standard InChI is InChI=1S/C23H24O6/c1-14-10-22(24)28-20-12-16(4-6-18(14)20)26-8-3-9-27-17-5-7-19-15(2)11-23(25)29-21(19)13-17/h4-7,10-13,18-21H,3,8-9H2,1-2H3/t18-,19+,20-,21-/m1/s1. The van der Waals surface area contributed by atoms with E-state index < -0.39 is 0 Å².